The van der Waals surface area contributed by atoms with Crippen LogP contribution in [0, 0.1) is 35.5 Å². The van der Waals surface area contributed by atoms with Crippen LogP contribution < -0.4 is 0 Å². The molecule has 12 atom stereocenters. The van der Waals surface area contributed by atoms with Gasteiger partial charge in [-0.2, -0.15) is 0 Å². The molecule has 5 aliphatic heterocycles. The molecule has 0 aromatic rings. The van der Waals surface area contributed by atoms with Gasteiger partial charge in [0.1, 0.15) is 0 Å². The van der Waals surface area contributed by atoms with Gasteiger partial charge in [-0.05, 0) is 0 Å². The molecular formula is C20H22O3. The molecule has 4 bridgehead atoms. The van der Waals surface area contributed by atoms with Crippen LogP contribution in [0.2, 0.25) is 0 Å². The minimum absolute atomic E-state index is 0.0932. The van der Waals surface area contributed by atoms with Crippen molar-refractivity contribution in [1.29, 1.82) is 0 Å². The average Bonchev–Trinajstić information content (AvgIpc) is 3.35. The average molecular weight is 310 g/mol. The standard InChI is InChI=1S/C20H22O3/c1-3-11-13-14(12(4-2)21-11)20-16-15(19(13)23-20)17-9-7-5-6-8-10(9)18(16)22-17/h3-20H,1-2H2. The number of fused-ring (bicyclic) bond motifs is 15. The van der Waals surface area contributed by atoms with Crippen molar-refractivity contribution in [3.63, 3.8) is 0 Å². The Morgan fingerprint density at radius 1 is 0.609 bits per heavy atom. The molecule has 1 aliphatic carbocycles. The number of hydrogen-bond donors (Lipinski definition) is 0. The molecule has 5 saturated heterocycles. The minimum atomic E-state index is 0.0932. The van der Waals surface area contributed by atoms with Crippen LogP contribution in [0.25, 0.3) is 0 Å². The van der Waals surface area contributed by atoms with Crippen LogP contribution in [-0.2, 0) is 14.2 Å². The first-order valence-corrected chi connectivity index (χ1v) is 8.90. The topological polar surface area (TPSA) is 27.7 Å². The SMILES string of the molecule is C=CC1OC(C=C)C2C3OC(C12)C1C2OC(C4C=CC=CC42)C31. The van der Waals surface area contributed by atoms with Crippen LogP contribution in [0.5, 0.6) is 0 Å². The number of ether oxygens (including phenoxy) is 3. The van der Waals surface area contributed by atoms with Crippen LogP contribution in [0.1, 0.15) is 0 Å². The van der Waals surface area contributed by atoms with E-state index in [0.717, 1.165) is 0 Å². The Hall–Kier alpha value is -1.16. The Bertz CT molecular complexity index is 585. The summed E-state index contributed by atoms with van der Waals surface area (Å²) in [5.74, 6) is 2.97. The molecule has 0 aromatic heterocycles. The fraction of sp³-hybridized carbons (Fsp3) is 0.600. The number of allylic oxidation sites excluding steroid dienone is 2. The largest absolute Gasteiger partial charge is 0.373 e. The Balaban J connectivity index is 1.41. The molecule has 23 heavy (non-hydrogen) atoms. The quantitative estimate of drug-likeness (QED) is 0.734. The van der Waals surface area contributed by atoms with Crippen molar-refractivity contribution in [1.82, 2.24) is 0 Å². The van der Waals surface area contributed by atoms with E-state index in [9.17, 15) is 0 Å². The second-order valence-electron chi connectivity index (χ2n) is 7.90. The zero-order chi connectivity index (χ0) is 15.3. The highest BCUT2D eigenvalue weighted by atomic mass is 16.6. The summed E-state index contributed by atoms with van der Waals surface area (Å²) in [5.41, 5.74) is 0. The summed E-state index contributed by atoms with van der Waals surface area (Å²) in [6, 6.07) is 0. The smallest absolute Gasteiger partial charge is 0.0819 e. The number of rotatable bonds is 2. The summed E-state index contributed by atoms with van der Waals surface area (Å²) < 4.78 is 19.2. The predicted octanol–water partition coefficient (Wildman–Crippen LogP) is 2.51. The zero-order valence-electron chi connectivity index (χ0n) is 13.0. The van der Waals surface area contributed by atoms with Gasteiger partial charge in [-0.1, -0.05) is 36.5 Å². The third-order valence-electron chi connectivity index (χ3n) is 7.31. The van der Waals surface area contributed by atoms with Crippen molar-refractivity contribution in [2.75, 3.05) is 0 Å². The van der Waals surface area contributed by atoms with Crippen molar-refractivity contribution in [2.24, 2.45) is 35.5 Å². The maximum Gasteiger partial charge on any atom is 0.0819 e. The second kappa shape index (κ2) is 4.27. The normalized spacial score (nSPS) is 63.1. The maximum absolute atomic E-state index is 6.55. The van der Waals surface area contributed by atoms with Gasteiger partial charge < -0.3 is 14.2 Å². The minimum Gasteiger partial charge on any atom is -0.373 e. The Morgan fingerprint density at radius 3 is 1.57 bits per heavy atom. The molecule has 6 aliphatic rings. The van der Waals surface area contributed by atoms with Gasteiger partial charge in [0.05, 0.1) is 36.6 Å². The highest BCUT2D eigenvalue weighted by Crippen LogP contribution is 2.66. The fourth-order valence-corrected chi connectivity index (χ4v) is 6.70. The van der Waals surface area contributed by atoms with Gasteiger partial charge in [0.25, 0.3) is 0 Å². The van der Waals surface area contributed by atoms with Gasteiger partial charge in [-0.25, -0.2) is 0 Å². The first-order chi connectivity index (χ1) is 11.3. The Morgan fingerprint density at radius 2 is 1.09 bits per heavy atom. The van der Waals surface area contributed by atoms with E-state index in [-0.39, 0.29) is 24.4 Å². The van der Waals surface area contributed by atoms with Crippen molar-refractivity contribution in [3.05, 3.63) is 49.6 Å². The van der Waals surface area contributed by atoms with Gasteiger partial charge in [0.15, 0.2) is 0 Å². The Kier molecular flexibility index (Phi) is 2.44. The van der Waals surface area contributed by atoms with E-state index in [1.807, 2.05) is 12.2 Å². The van der Waals surface area contributed by atoms with Crippen LogP contribution in [0.15, 0.2) is 49.6 Å². The van der Waals surface area contributed by atoms with Crippen molar-refractivity contribution in [3.8, 4) is 0 Å². The van der Waals surface area contributed by atoms with Crippen molar-refractivity contribution in [2.45, 2.75) is 36.6 Å². The lowest BCUT2D eigenvalue weighted by atomic mass is 9.57. The van der Waals surface area contributed by atoms with Crippen LogP contribution in [-0.4, -0.2) is 36.6 Å². The fourth-order valence-electron chi connectivity index (χ4n) is 6.70. The molecule has 3 heteroatoms. The molecule has 0 saturated carbocycles. The molecule has 5 fully saturated rings. The van der Waals surface area contributed by atoms with E-state index >= 15 is 0 Å². The zero-order valence-corrected chi connectivity index (χ0v) is 13.0. The molecule has 0 spiro atoms. The lowest BCUT2D eigenvalue weighted by Gasteiger charge is -2.41. The van der Waals surface area contributed by atoms with E-state index in [1.165, 1.54) is 0 Å². The molecule has 0 amide bonds. The highest BCUT2D eigenvalue weighted by molar-refractivity contribution is 5.29. The summed E-state index contributed by atoms with van der Waals surface area (Å²) in [4.78, 5) is 0. The first-order valence-electron chi connectivity index (χ1n) is 8.90. The molecule has 5 heterocycles. The summed E-state index contributed by atoms with van der Waals surface area (Å²) in [5, 5.41) is 0. The van der Waals surface area contributed by atoms with E-state index in [2.05, 4.69) is 37.5 Å². The maximum atomic E-state index is 6.55. The number of hydrogen-bond acceptors (Lipinski definition) is 3. The summed E-state index contributed by atoms with van der Waals surface area (Å²) in [6.45, 7) is 7.98. The molecule has 12 unspecified atom stereocenters. The highest BCUT2D eigenvalue weighted by Gasteiger charge is 2.74. The van der Waals surface area contributed by atoms with Crippen LogP contribution >= 0.6 is 0 Å². The summed E-state index contributed by atoms with van der Waals surface area (Å²) >= 11 is 0. The molecule has 0 aromatic carbocycles. The molecule has 0 radical (unpaired) electrons. The van der Waals surface area contributed by atoms with E-state index < -0.39 is 0 Å². The van der Waals surface area contributed by atoms with Gasteiger partial charge in [0, 0.05) is 35.5 Å². The van der Waals surface area contributed by atoms with Crippen LogP contribution in [0.3, 0.4) is 0 Å². The lowest BCUT2D eigenvalue weighted by molar-refractivity contribution is -0.0380. The summed E-state index contributed by atoms with van der Waals surface area (Å²) in [7, 11) is 0. The van der Waals surface area contributed by atoms with E-state index in [1.54, 1.807) is 0 Å². The molecule has 6 rings (SSSR count). The molecule has 0 N–H and O–H groups in total. The van der Waals surface area contributed by atoms with Crippen molar-refractivity contribution >= 4 is 0 Å². The second-order valence-corrected chi connectivity index (χ2v) is 7.90. The van der Waals surface area contributed by atoms with E-state index in [4.69, 9.17) is 14.2 Å². The lowest BCUT2D eigenvalue weighted by Crippen LogP contribution is -2.51. The van der Waals surface area contributed by atoms with Crippen LogP contribution in [0.4, 0.5) is 0 Å². The third-order valence-corrected chi connectivity index (χ3v) is 7.31. The summed E-state index contributed by atoms with van der Waals surface area (Å²) in [6.07, 6.45) is 14.3. The molecule has 3 nitrogen and oxygen atoms in total. The van der Waals surface area contributed by atoms with E-state index in [0.29, 0.717) is 47.7 Å². The van der Waals surface area contributed by atoms with Gasteiger partial charge >= 0.3 is 0 Å². The van der Waals surface area contributed by atoms with Gasteiger partial charge in [-0.15, -0.1) is 13.2 Å². The van der Waals surface area contributed by atoms with Gasteiger partial charge in [-0.3, -0.25) is 0 Å². The first kappa shape index (κ1) is 13.2. The predicted molar refractivity (Wildman–Crippen MR) is 85.6 cm³/mol. The van der Waals surface area contributed by atoms with Gasteiger partial charge in [0.2, 0.25) is 0 Å². The monoisotopic (exact) mass is 310 g/mol. The molecule has 120 valence electrons. The third kappa shape index (κ3) is 1.36. The van der Waals surface area contributed by atoms with Crippen molar-refractivity contribution < 1.29 is 14.2 Å². The Labute approximate surface area is 136 Å². The molecular weight excluding hydrogens is 288 g/mol.